The first-order valence-electron chi connectivity index (χ1n) is 8.00. The van der Waals surface area contributed by atoms with E-state index in [0.717, 1.165) is 32.4 Å². The monoisotopic (exact) mass is 289 g/mol. The lowest BCUT2D eigenvalue weighted by Gasteiger charge is -2.32. The smallest absolute Gasteiger partial charge is 0.227 e. The van der Waals surface area contributed by atoms with Gasteiger partial charge >= 0.3 is 0 Å². The molecular weight excluding hydrogens is 262 g/mol. The summed E-state index contributed by atoms with van der Waals surface area (Å²) in [5.41, 5.74) is 13.2. The van der Waals surface area contributed by atoms with Crippen LogP contribution in [0.25, 0.3) is 0 Å². The third kappa shape index (κ3) is 4.55. The van der Waals surface area contributed by atoms with Gasteiger partial charge in [0, 0.05) is 19.1 Å². The number of hydrogen-bond acceptors (Lipinski definition) is 3. The van der Waals surface area contributed by atoms with Gasteiger partial charge in [-0.15, -0.1) is 0 Å². The van der Waals surface area contributed by atoms with E-state index >= 15 is 0 Å². The first-order valence-corrected chi connectivity index (χ1v) is 8.00. The molecule has 1 fully saturated rings. The highest BCUT2D eigenvalue weighted by atomic mass is 16.2. The van der Waals surface area contributed by atoms with Crippen molar-refractivity contribution >= 4 is 5.91 Å². The summed E-state index contributed by atoms with van der Waals surface area (Å²) in [6.45, 7) is 2.25. The van der Waals surface area contributed by atoms with Gasteiger partial charge in [0.05, 0.1) is 5.92 Å². The molecule has 116 valence electrons. The van der Waals surface area contributed by atoms with Gasteiger partial charge in [-0.2, -0.15) is 0 Å². The van der Waals surface area contributed by atoms with Crippen LogP contribution in [-0.2, 0) is 11.2 Å². The molecule has 0 spiro atoms. The molecule has 1 aliphatic rings. The van der Waals surface area contributed by atoms with Crippen molar-refractivity contribution in [2.45, 2.75) is 38.1 Å². The zero-order valence-electron chi connectivity index (χ0n) is 12.7. The molecule has 0 bridgehead atoms. The Labute approximate surface area is 127 Å². The minimum atomic E-state index is -0.162. The van der Waals surface area contributed by atoms with Gasteiger partial charge in [0.1, 0.15) is 0 Å². The number of carbonyl (C=O) groups is 1. The molecule has 0 saturated carbocycles. The maximum Gasteiger partial charge on any atom is 0.227 e. The minimum Gasteiger partial charge on any atom is -0.342 e. The molecule has 1 amide bonds. The largest absolute Gasteiger partial charge is 0.342 e. The lowest BCUT2D eigenvalue weighted by Crippen LogP contribution is -2.47. The van der Waals surface area contributed by atoms with Gasteiger partial charge in [0.25, 0.3) is 0 Å². The van der Waals surface area contributed by atoms with Crippen molar-refractivity contribution in [2.75, 3.05) is 19.6 Å². The third-order valence-electron chi connectivity index (χ3n) is 4.29. The predicted molar refractivity (Wildman–Crippen MR) is 85.7 cm³/mol. The van der Waals surface area contributed by atoms with Crippen molar-refractivity contribution in [3.05, 3.63) is 35.9 Å². The Balaban J connectivity index is 2.00. The summed E-state index contributed by atoms with van der Waals surface area (Å²) in [5.74, 6) is 0.0388. The molecule has 2 rings (SSSR count). The fraction of sp³-hybridized carbons (Fsp3) is 0.588. The highest BCUT2D eigenvalue weighted by Crippen LogP contribution is 2.18. The van der Waals surface area contributed by atoms with E-state index in [1.54, 1.807) is 0 Å². The Morgan fingerprint density at radius 2 is 1.81 bits per heavy atom. The van der Waals surface area contributed by atoms with E-state index in [1.807, 2.05) is 23.1 Å². The van der Waals surface area contributed by atoms with Crippen molar-refractivity contribution in [1.29, 1.82) is 0 Å². The van der Waals surface area contributed by atoms with Crippen LogP contribution < -0.4 is 11.5 Å². The quantitative estimate of drug-likeness (QED) is 0.834. The molecule has 4 N–H and O–H groups in total. The van der Waals surface area contributed by atoms with Crippen molar-refractivity contribution in [3.8, 4) is 0 Å². The summed E-state index contributed by atoms with van der Waals surface area (Å²) < 4.78 is 0. The Hall–Kier alpha value is -1.39. The summed E-state index contributed by atoms with van der Waals surface area (Å²) in [5, 5.41) is 0. The molecule has 1 unspecified atom stereocenters. The van der Waals surface area contributed by atoms with Crippen LogP contribution in [0, 0.1) is 5.92 Å². The summed E-state index contributed by atoms with van der Waals surface area (Å²) in [6, 6.07) is 9.96. The van der Waals surface area contributed by atoms with Gasteiger partial charge in [-0.25, -0.2) is 0 Å². The topological polar surface area (TPSA) is 72.4 Å². The zero-order chi connectivity index (χ0) is 15.1. The first kappa shape index (κ1) is 16.0. The highest BCUT2D eigenvalue weighted by molar-refractivity contribution is 5.79. The second-order valence-corrected chi connectivity index (χ2v) is 5.92. The average Bonchev–Trinajstić information content (AvgIpc) is 2.53. The lowest BCUT2D eigenvalue weighted by molar-refractivity contribution is -0.137. The van der Waals surface area contributed by atoms with E-state index in [4.69, 9.17) is 11.5 Å². The number of piperidine rings is 1. The molecule has 1 aromatic rings. The maximum atomic E-state index is 12.7. The van der Waals surface area contributed by atoms with Crippen LogP contribution in [0.4, 0.5) is 0 Å². The van der Waals surface area contributed by atoms with Crippen LogP contribution in [0.5, 0.6) is 0 Å². The fourth-order valence-corrected chi connectivity index (χ4v) is 3.08. The van der Waals surface area contributed by atoms with Crippen molar-refractivity contribution in [1.82, 2.24) is 4.90 Å². The van der Waals surface area contributed by atoms with Crippen molar-refractivity contribution in [3.63, 3.8) is 0 Å². The molecule has 1 heterocycles. The Kier molecular flexibility index (Phi) is 6.21. The standard InChI is InChI=1S/C17H27N3O/c18-10-9-15(17(21)20-11-5-2-6-12-20)16(19)13-14-7-3-1-4-8-14/h1,3-4,7-8,15-16H,2,5-6,9-13,18-19H2/t15-,16?/m0/s1. The molecular formula is C17H27N3O. The van der Waals surface area contributed by atoms with E-state index in [1.165, 1.54) is 12.0 Å². The summed E-state index contributed by atoms with van der Waals surface area (Å²) in [7, 11) is 0. The molecule has 4 nitrogen and oxygen atoms in total. The number of likely N-dealkylation sites (tertiary alicyclic amines) is 1. The molecule has 1 saturated heterocycles. The molecule has 2 atom stereocenters. The van der Waals surface area contributed by atoms with Gasteiger partial charge in [0.15, 0.2) is 0 Å². The van der Waals surface area contributed by atoms with Crippen molar-refractivity contribution < 1.29 is 4.79 Å². The average molecular weight is 289 g/mol. The van der Waals surface area contributed by atoms with Crippen LogP contribution in [0.15, 0.2) is 30.3 Å². The molecule has 21 heavy (non-hydrogen) atoms. The summed E-state index contributed by atoms with van der Waals surface area (Å²) >= 11 is 0. The van der Waals surface area contributed by atoms with Gasteiger partial charge in [-0.05, 0) is 44.2 Å². The van der Waals surface area contributed by atoms with Crippen LogP contribution in [0.1, 0.15) is 31.2 Å². The second-order valence-electron chi connectivity index (χ2n) is 5.92. The van der Waals surface area contributed by atoms with Crippen LogP contribution in [0.3, 0.4) is 0 Å². The van der Waals surface area contributed by atoms with E-state index in [2.05, 4.69) is 12.1 Å². The summed E-state index contributed by atoms with van der Waals surface area (Å²) in [4.78, 5) is 14.7. The number of rotatable bonds is 6. The molecule has 0 radical (unpaired) electrons. The highest BCUT2D eigenvalue weighted by Gasteiger charge is 2.29. The number of amides is 1. The lowest BCUT2D eigenvalue weighted by atomic mass is 9.89. The van der Waals surface area contributed by atoms with E-state index in [9.17, 15) is 4.79 Å². The number of carbonyl (C=O) groups excluding carboxylic acids is 1. The molecule has 0 aromatic heterocycles. The molecule has 1 aliphatic heterocycles. The third-order valence-corrected chi connectivity index (χ3v) is 4.29. The second kappa shape index (κ2) is 8.15. The minimum absolute atomic E-state index is 0.159. The predicted octanol–water partition coefficient (Wildman–Crippen LogP) is 1.53. The van der Waals surface area contributed by atoms with Crippen molar-refractivity contribution in [2.24, 2.45) is 17.4 Å². The first-order chi connectivity index (χ1) is 10.2. The van der Waals surface area contributed by atoms with Gasteiger partial charge < -0.3 is 16.4 Å². The maximum absolute atomic E-state index is 12.7. The molecule has 4 heteroatoms. The zero-order valence-corrected chi connectivity index (χ0v) is 12.7. The fourth-order valence-electron chi connectivity index (χ4n) is 3.08. The molecule has 0 aliphatic carbocycles. The SMILES string of the molecule is NCC[C@H](C(=O)N1CCCCC1)C(N)Cc1ccccc1. The van der Waals surface area contributed by atoms with E-state index in [-0.39, 0.29) is 17.9 Å². The van der Waals surface area contributed by atoms with Gasteiger partial charge in [0.2, 0.25) is 5.91 Å². The molecule has 1 aromatic carbocycles. The Morgan fingerprint density at radius 3 is 2.43 bits per heavy atom. The van der Waals surface area contributed by atoms with E-state index < -0.39 is 0 Å². The number of nitrogens with zero attached hydrogens (tertiary/aromatic N) is 1. The summed E-state index contributed by atoms with van der Waals surface area (Å²) in [6.07, 6.45) is 4.83. The Morgan fingerprint density at radius 1 is 1.14 bits per heavy atom. The van der Waals surface area contributed by atoms with Gasteiger partial charge in [-0.3, -0.25) is 4.79 Å². The number of benzene rings is 1. The Bertz CT molecular complexity index is 429. The normalized spacial score (nSPS) is 18.3. The van der Waals surface area contributed by atoms with Gasteiger partial charge in [-0.1, -0.05) is 30.3 Å². The number of hydrogen-bond donors (Lipinski definition) is 2. The van der Waals surface area contributed by atoms with E-state index in [0.29, 0.717) is 13.0 Å². The van der Waals surface area contributed by atoms with Crippen LogP contribution in [-0.4, -0.2) is 36.5 Å². The van der Waals surface area contributed by atoms with Crippen LogP contribution >= 0.6 is 0 Å². The number of nitrogens with two attached hydrogens (primary N) is 2. The van der Waals surface area contributed by atoms with Crippen LogP contribution in [0.2, 0.25) is 0 Å².